The molecule has 4 rings (SSSR count). The van der Waals surface area contributed by atoms with E-state index in [1.54, 1.807) is 12.1 Å². The molecule has 2 aliphatic heterocycles. The van der Waals surface area contributed by atoms with Crippen LogP contribution in [0, 0.1) is 5.82 Å². The number of hydrogen-bond acceptors (Lipinski definition) is 4. The van der Waals surface area contributed by atoms with E-state index in [2.05, 4.69) is 20.9 Å². The Morgan fingerprint density at radius 1 is 1.14 bits per heavy atom. The van der Waals surface area contributed by atoms with E-state index in [0.717, 1.165) is 10.2 Å². The lowest BCUT2D eigenvalue weighted by Crippen LogP contribution is -2.37. The van der Waals surface area contributed by atoms with Crippen molar-refractivity contribution in [3.8, 4) is 0 Å². The molecule has 0 saturated carbocycles. The van der Waals surface area contributed by atoms with E-state index in [1.807, 2.05) is 29.2 Å². The number of hydrogen-bond donors (Lipinski definition) is 0. The summed E-state index contributed by atoms with van der Waals surface area (Å²) < 4.78 is 38.1. The zero-order chi connectivity index (χ0) is 19.9. The first kappa shape index (κ1) is 19.6. The summed E-state index contributed by atoms with van der Waals surface area (Å²) in [5, 5.41) is 0.366. The minimum atomic E-state index is -3.11. The van der Waals surface area contributed by atoms with Gasteiger partial charge in [-0.2, -0.15) is 4.99 Å². The molecule has 0 N–H and O–H groups in total. The van der Waals surface area contributed by atoms with Gasteiger partial charge in [0.05, 0.1) is 24.0 Å². The first-order valence-corrected chi connectivity index (χ1v) is 12.1. The van der Waals surface area contributed by atoms with Crippen molar-refractivity contribution in [3.63, 3.8) is 0 Å². The summed E-state index contributed by atoms with van der Waals surface area (Å²) in [6.07, 6.45) is 0.0617. The number of nitrogens with zero attached hydrogens (tertiary/aromatic N) is 2. The molecule has 1 amide bonds. The Kier molecular flexibility index (Phi) is 5.32. The summed E-state index contributed by atoms with van der Waals surface area (Å²) in [6, 6.07) is 13.0. The van der Waals surface area contributed by atoms with E-state index >= 15 is 0 Å². The van der Waals surface area contributed by atoms with Crippen LogP contribution >= 0.6 is 27.7 Å². The molecule has 2 fully saturated rings. The molecule has 0 bridgehead atoms. The molecule has 28 heavy (non-hydrogen) atoms. The average molecular weight is 483 g/mol. The molecule has 2 aromatic carbocycles. The van der Waals surface area contributed by atoms with E-state index in [-0.39, 0.29) is 40.9 Å². The molecule has 0 aliphatic carbocycles. The molecular formula is C19H16BrFN2O3S2. The van der Waals surface area contributed by atoms with Gasteiger partial charge < -0.3 is 4.90 Å². The van der Waals surface area contributed by atoms with Crippen LogP contribution in [0.3, 0.4) is 0 Å². The molecule has 2 aliphatic rings. The molecular weight excluding hydrogens is 467 g/mol. The number of anilines is 1. The number of amidine groups is 1. The summed E-state index contributed by atoms with van der Waals surface area (Å²) in [4.78, 5) is 18.6. The summed E-state index contributed by atoms with van der Waals surface area (Å²) in [6.45, 7) is 0. The lowest BCUT2D eigenvalue weighted by Gasteiger charge is -2.24. The Morgan fingerprint density at radius 2 is 1.82 bits per heavy atom. The predicted molar refractivity (Wildman–Crippen MR) is 113 cm³/mol. The Balaban J connectivity index is 1.62. The van der Waals surface area contributed by atoms with E-state index < -0.39 is 9.84 Å². The molecule has 0 radical (unpaired) electrons. The van der Waals surface area contributed by atoms with E-state index in [0.29, 0.717) is 10.7 Å². The number of carbonyl (C=O) groups is 1. The quantitative estimate of drug-likeness (QED) is 0.670. The van der Waals surface area contributed by atoms with Gasteiger partial charge in [0.25, 0.3) is 5.91 Å². The van der Waals surface area contributed by atoms with E-state index in [1.165, 1.54) is 23.9 Å². The third kappa shape index (κ3) is 4.16. The van der Waals surface area contributed by atoms with Gasteiger partial charge in [0.15, 0.2) is 15.0 Å². The summed E-state index contributed by atoms with van der Waals surface area (Å²) in [7, 11) is -3.11. The van der Waals surface area contributed by atoms with Gasteiger partial charge in [0.2, 0.25) is 0 Å². The number of carbonyl (C=O) groups excluding carboxylic acids is 1. The first-order valence-electron chi connectivity index (χ1n) is 8.58. The highest BCUT2D eigenvalue weighted by molar-refractivity contribution is 9.10. The summed E-state index contributed by atoms with van der Waals surface area (Å²) in [5.74, 6) is -0.574. The van der Waals surface area contributed by atoms with Crippen LogP contribution in [0.15, 0.2) is 58.0 Å². The standard InChI is InChI=1S/C19H16BrFN2O3S2/c20-13-3-7-15(8-4-13)23-16-10-28(25,26)11-17(16)27-19(23)22-18(24)9-12-1-5-14(21)6-2-12/h1-8,16-17H,9-11H2/t16-,17+/m1/s1. The van der Waals surface area contributed by atoms with Gasteiger partial charge in [-0.1, -0.05) is 39.8 Å². The highest BCUT2D eigenvalue weighted by atomic mass is 79.9. The molecule has 0 aromatic heterocycles. The summed E-state index contributed by atoms with van der Waals surface area (Å²) >= 11 is 4.73. The van der Waals surface area contributed by atoms with Crippen molar-refractivity contribution in [2.75, 3.05) is 16.4 Å². The van der Waals surface area contributed by atoms with Crippen molar-refractivity contribution in [1.29, 1.82) is 0 Å². The number of thioether (sulfide) groups is 1. The Hall–Kier alpha value is -1.71. The second-order valence-electron chi connectivity index (χ2n) is 6.74. The maximum absolute atomic E-state index is 13.0. The Bertz CT molecular complexity index is 1040. The second kappa shape index (κ2) is 7.61. The number of benzene rings is 2. The maximum atomic E-state index is 13.0. The van der Waals surface area contributed by atoms with Crippen molar-refractivity contribution in [2.45, 2.75) is 17.7 Å². The third-order valence-electron chi connectivity index (χ3n) is 4.66. The van der Waals surface area contributed by atoms with Crippen molar-refractivity contribution in [1.82, 2.24) is 0 Å². The lowest BCUT2D eigenvalue weighted by atomic mass is 10.1. The number of halogens is 2. The SMILES string of the molecule is O=C(Cc1ccc(F)cc1)N=C1S[C@H]2CS(=O)(=O)C[C@H]2N1c1ccc(Br)cc1. The molecule has 0 unspecified atom stereocenters. The van der Waals surface area contributed by atoms with Gasteiger partial charge in [-0.25, -0.2) is 12.8 Å². The van der Waals surface area contributed by atoms with Crippen LogP contribution < -0.4 is 4.90 Å². The molecule has 2 aromatic rings. The molecule has 2 atom stereocenters. The van der Waals surface area contributed by atoms with Gasteiger partial charge in [0, 0.05) is 15.4 Å². The normalized spacial score (nSPS) is 24.5. The van der Waals surface area contributed by atoms with Gasteiger partial charge in [-0.05, 0) is 42.0 Å². The number of fused-ring (bicyclic) bond motifs is 1. The van der Waals surface area contributed by atoms with Crippen molar-refractivity contribution in [3.05, 3.63) is 64.4 Å². The Morgan fingerprint density at radius 3 is 2.50 bits per heavy atom. The second-order valence-corrected chi connectivity index (χ2v) is 11.0. The van der Waals surface area contributed by atoms with Gasteiger partial charge in [0.1, 0.15) is 5.82 Å². The number of sulfone groups is 1. The topological polar surface area (TPSA) is 66.8 Å². The van der Waals surface area contributed by atoms with Crippen LogP contribution in [-0.4, -0.2) is 42.3 Å². The fourth-order valence-electron chi connectivity index (χ4n) is 3.39. The molecule has 2 saturated heterocycles. The third-order valence-corrected chi connectivity index (χ3v) is 8.40. The zero-order valence-corrected chi connectivity index (χ0v) is 17.8. The minimum Gasteiger partial charge on any atom is -0.316 e. The molecule has 146 valence electrons. The van der Waals surface area contributed by atoms with Crippen LogP contribution in [0.4, 0.5) is 10.1 Å². The highest BCUT2D eigenvalue weighted by Gasteiger charge is 2.49. The van der Waals surface area contributed by atoms with Gasteiger partial charge in [-0.3, -0.25) is 4.79 Å². The summed E-state index contributed by atoms with van der Waals surface area (Å²) in [5.41, 5.74) is 1.48. The molecule has 5 nitrogen and oxygen atoms in total. The molecule has 0 spiro atoms. The van der Waals surface area contributed by atoms with Gasteiger partial charge >= 0.3 is 0 Å². The van der Waals surface area contributed by atoms with E-state index in [9.17, 15) is 17.6 Å². The van der Waals surface area contributed by atoms with Crippen LogP contribution in [0.5, 0.6) is 0 Å². The van der Waals surface area contributed by atoms with Crippen LogP contribution in [-0.2, 0) is 21.1 Å². The molecule has 9 heteroatoms. The fourth-order valence-corrected chi connectivity index (χ4v) is 7.59. The monoisotopic (exact) mass is 482 g/mol. The number of rotatable bonds is 3. The van der Waals surface area contributed by atoms with Crippen LogP contribution in [0.1, 0.15) is 5.56 Å². The first-order chi connectivity index (χ1) is 13.3. The van der Waals surface area contributed by atoms with Gasteiger partial charge in [-0.15, -0.1) is 0 Å². The fraction of sp³-hybridized carbons (Fsp3) is 0.263. The average Bonchev–Trinajstić information content (AvgIpc) is 3.09. The van der Waals surface area contributed by atoms with Crippen LogP contribution in [0.2, 0.25) is 0 Å². The van der Waals surface area contributed by atoms with Crippen molar-refractivity contribution >= 4 is 54.3 Å². The molecule has 2 heterocycles. The minimum absolute atomic E-state index is 0.0475. The predicted octanol–water partition coefficient (Wildman–Crippen LogP) is 3.43. The largest absolute Gasteiger partial charge is 0.316 e. The zero-order valence-electron chi connectivity index (χ0n) is 14.6. The highest BCUT2D eigenvalue weighted by Crippen LogP contribution is 2.41. The van der Waals surface area contributed by atoms with Crippen molar-refractivity contribution in [2.24, 2.45) is 4.99 Å². The van der Waals surface area contributed by atoms with Crippen molar-refractivity contribution < 1.29 is 17.6 Å². The smallest absolute Gasteiger partial charge is 0.252 e. The maximum Gasteiger partial charge on any atom is 0.252 e. The van der Waals surface area contributed by atoms with E-state index in [4.69, 9.17) is 0 Å². The Labute approximate surface area is 175 Å². The van der Waals surface area contributed by atoms with Crippen LogP contribution in [0.25, 0.3) is 0 Å². The lowest BCUT2D eigenvalue weighted by molar-refractivity contribution is -0.117. The number of amides is 1. The number of aliphatic imine (C=N–C) groups is 1.